The summed E-state index contributed by atoms with van der Waals surface area (Å²) in [5.41, 5.74) is 0.528. The van der Waals surface area contributed by atoms with Crippen LogP contribution in [-0.2, 0) is 0 Å². The zero-order valence-corrected chi connectivity index (χ0v) is 12.3. The minimum absolute atomic E-state index is 0. The van der Waals surface area contributed by atoms with Gasteiger partial charge in [-0.2, -0.15) is 0 Å². The number of amides is 1. The molecule has 1 aromatic carbocycles. The maximum Gasteiger partial charge on any atom is 0.255 e. The Morgan fingerprint density at radius 2 is 1.95 bits per heavy atom. The van der Waals surface area contributed by atoms with Crippen LogP contribution < -0.4 is 20.1 Å². The van der Waals surface area contributed by atoms with Crippen molar-refractivity contribution in [2.75, 3.05) is 27.3 Å². The number of halogens is 1. The summed E-state index contributed by atoms with van der Waals surface area (Å²) >= 11 is 0. The molecule has 20 heavy (non-hydrogen) atoms. The largest absolute Gasteiger partial charge is 0.497 e. The van der Waals surface area contributed by atoms with E-state index >= 15 is 0 Å². The van der Waals surface area contributed by atoms with Gasteiger partial charge in [0.1, 0.15) is 11.5 Å². The van der Waals surface area contributed by atoms with Gasteiger partial charge in [-0.1, -0.05) is 0 Å². The summed E-state index contributed by atoms with van der Waals surface area (Å²) < 4.78 is 10.4. The average molecular weight is 299 g/mol. The van der Waals surface area contributed by atoms with Crippen LogP contribution in [0.2, 0.25) is 0 Å². The van der Waals surface area contributed by atoms with Crippen molar-refractivity contribution in [3.05, 3.63) is 23.8 Å². The second kappa shape index (κ2) is 5.89. The van der Waals surface area contributed by atoms with Crippen LogP contribution in [-0.4, -0.2) is 39.3 Å². The van der Waals surface area contributed by atoms with Crippen LogP contribution in [0.1, 0.15) is 10.4 Å². The fourth-order valence-electron chi connectivity index (χ4n) is 2.85. The highest BCUT2D eigenvalue weighted by atomic mass is 35.5. The molecule has 1 aromatic rings. The van der Waals surface area contributed by atoms with Crippen LogP contribution in [0.15, 0.2) is 18.2 Å². The molecule has 110 valence electrons. The van der Waals surface area contributed by atoms with Crippen LogP contribution in [0, 0.1) is 11.8 Å². The van der Waals surface area contributed by atoms with Gasteiger partial charge < -0.3 is 20.1 Å². The predicted molar refractivity (Wildman–Crippen MR) is 77.9 cm³/mol. The molecule has 2 aliphatic rings. The Bertz CT molecular complexity index is 499. The molecule has 1 saturated heterocycles. The molecule has 1 amide bonds. The first-order valence-corrected chi connectivity index (χ1v) is 6.48. The number of ether oxygens (including phenoxy) is 2. The quantitative estimate of drug-likeness (QED) is 0.873. The minimum atomic E-state index is -0.0878. The molecule has 1 aliphatic heterocycles. The maximum atomic E-state index is 12.3. The Balaban J connectivity index is 0.00000147. The van der Waals surface area contributed by atoms with Crippen molar-refractivity contribution in [2.24, 2.45) is 11.8 Å². The third-order valence-corrected chi connectivity index (χ3v) is 4.04. The third kappa shape index (κ3) is 2.55. The molecule has 2 fully saturated rings. The van der Waals surface area contributed by atoms with Crippen LogP contribution in [0.25, 0.3) is 0 Å². The second-order valence-electron chi connectivity index (χ2n) is 5.05. The lowest BCUT2D eigenvalue weighted by Crippen LogP contribution is -2.32. The van der Waals surface area contributed by atoms with Crippen LogP contribution in [0.3, 0.4) is 0 Å². The molecule has 6 heteroatoms. The van der Waals surface area contributed by atoms with Gasteiger partial charge in [-0.3, -0.25) is 4.79 Å². The summed E-state index contributed by atoms with van der Waals surface area (Å²) in [6, 6.07) is 5.56. The molecule has 0 bridgehead atoms. The third-order valence-electron chi connectivity index (χ3n) is 4.04. The molecule has 1 heterocycles. The zero-order valence-electron chi connectivity index (χ0n) is 11.5. The monoisotopic (exact) mass is 298 g/mol. The standard InChI is InChI=1S/C14H18N2O3.ClH/c1-18-8-3-4-12(19-2)9(5-8)14(17)16-13-10-6-15-7-11(10)13;/h3-5,10-11,13,15H,6-7H2,1-2H3,(H,16,17);1H. The lowest BCUT2D eigenvalue weighted by atomic mass is 10.1. The molecule has 1 aliphatic carbocycles. The Labute approximate surface area is 124 Å². The van der Waals surface area contributed by atoms with Crippen LogP contribution in [0.5, 0.6) is 11.5 Å². The number of piperidine rings is 1. The number of benzene rings is 1. The number of hydrogen-bond acceptors (Lipinski definition) is 4. The lowest BCUT2D eigenvalue weighted by Gasteiger charge is -2.12. The van der Waals surface area contributed by atoms with E-state index in [1.165, 1.54) is 0 Å². The smallest absolute Gasteiger partial charge is 0.255 e. The van der Waals surface area contributed by atoms with Gasteiger partial charge >= 0.3 is 0 Å². The lowest BCUT2D eigenvalue weighted by molar-refractivity contribution is 0.0943. The molecule has 2 unspecified atom stereocenters. The maximum absolute atomic E-state index is 12.3. The molecule has 1 saturated carbocycles. The first-order valence-electron chi connectivity index (χ1n) is 6.48. The Morgan fingerprint density at radius 1 is 1.25 bits per heavy atom. The minimum Gasteiger partial charge on any atom is -0.497 e. The van der Waals surface area contributed by atoms with Crippen molar-refractivity contribution in [3.63, 3.8) is 0 Å². The van der Waals surface area contributed by atoms with E-state index < -0.39 is 0 Å². The number of carbonyl (C=O) groups is 1. The fourth-order valence-corrected chi connectivity index (χ4v) is 2.85. The van der Waals surface area contributed by atoms with Gasteiger partial charge in [-0.05, 0) is 30.0 Å². The highest BCUT2D eigenvalue weighted by Gasteiger charge is 2.53. The Kier molecular flexibility index (Phi) is 4.40. The fraction of sp³-hybridized carbons (Fsp3) is 0.500. The summed E-state index contributed by atoms with van der Waals surface area (Å²) in [5, 5.41) is 6.39. The van der Waals surface area contributed by atoms with E-state index in [1.807, 2.05) is 0 Å². The van der Waals surface area contributed by atoms with Gasteiger partial charge in [0.05, 0.1) is 19.8 Å². The van der Waals surface area contributed by atoms with Crippen LogP contribution >= 0.6 is 12.4 Å². The normalized spacial score (nSPS) is 26.2. The Hall–Kier alpha value is -1.46. The van der Waals surface area contributed by atoms with Crippen molar-refractivity contribution in [2.45, 2.75) is 6.04 Å². The molecule has 0 spiro atoms. The van der Waals surface area contributed by atoms with E-state index in [4.69, 9.17) is 9.47 Å². The summed E-state index contributed by atoms with van der Waals surface area (Å²) in [7, 11) is 3.15. The van der Waals surface area contributed by atoms with Gasteiger partial charge in [-0.25, -0.2) is 0 Å². The Morgan fingerprint density at radius 3 is 2.55 bits per heavy atom. The molecule has 3 rings (SSSR count). The van der Waals surface area contributed by atoms with E-state index in [2.05, 4.69) is 10.6 Å². The SMILES string of the molecule is COc1ccc(OC)c(C(=O)NC2C3CNCC32)c1.Cl. The summed E-state index contributed by atoms with van der Waals surface area (Å²) in [6.45, 7) is 2.01. The van der Waals surface area contributed by atoms with Crippen molar-refractivity contribution in [1.82, 2.24) is 10.6 Å². The van der Waals surface area contributed by atoms with E-state index in [1.54, 1.807) is 32.4 Å². The molecule has 0 aromatic heterocycles. The van der Waals surface area contributed by atoms with Crippen LogP contribution in [0.4, 0.5) is 0 Å². The topological polar surface area (TPSA) is 59.6 Å². The van der Waals surface area contributed by atoms with Crippen molar-refractivity contribution < 1.29 is 14.3 Å². The molecular weight excluding hydrogens is 280 g/mol. The van der Waals surface area contributed by atoms with Gasteiger partial charge in [0.2, 0.25) is 0 Å². The van der Waals surface area contributed by atoms with Crippen molar-refractivity contribution in [3.8, 4) is 11.5 Å². The first kappa shape index (κ1) is 14.9. The highest BCUT2D eigenvalue weighted by molar-refractivity contribution is 5.97. The first-order chi connectivity index (χ1) is 9.24. The van der Waals surface area contributed by atoms with E-state index in [0.29, 0.717) is 34.9 Å². The van der Waals surface area contributed by atoms with Gasteiger partial charge in [0, 0.05) is 19.1 Å². The number of fused-ring (bicyclic) bond motifs is 1. The van der Waals surface area contributed by atoms with E-state index in [-0.39, 0.29) is 18.3 Å². The molecule has 2 atom stereocenters. The summed E-state index contributed by atoms with van der Waals surface area (Å²) in [5.74, 6) is 2.34. The van der Waals surface area contributed by atoms with Crippen molar-refractivity contribution >= 4 is 18.3 Å². The molecule has 2 N–H and O–H groups in total. The van der Waals surface area contributed by atoms with E-state index in [0.717, 1.165) is 13.1 Å². The molecule has 5 nitrogen and oxygen atoms in total. The second-order valence-corrected chi connectivity index (χ2v) is 5.05. The van der Waals surface area contributed by atoms with Gasteiger partial charge in [-0.15, -0.1) is 12.4 Å². The van der Waals surface area contributed by atoms with Gasteiger partial charge in [0.25, 0.3) is 5.91 Å². The highest BCUT2D eigenvalue weighted by Crippen LogP contribution is 2.42. The number of rotatable bonds is 4. The van der Waals surface area contributed by atoms with Crippen molar-refractivity contribution in [1.29, 1.82) is 0 Å². The number of methoxy groups -OCH3 is 2. The zero-order chi connectivity index (χ0) is 13.4. The average Bonchev–Trinajstić information content (AvgIpc) is 2.89. The molecular formula is C14H19ClN2O3. The molecule has 0 radical (unpaired) electrons. The summed E-state index contributed by atoms with van der Waals surface area (Å²) in [4.78, 5) is 12.3. The predicted octanol–water partition coefficient (Wildman–Crippen LogP) is 1.07. The number of carbonyl (C=O) groups excluding carboxylic acids is 1. The van der Waals surface area contributed by atoms with E-state index in [9.17, 15) is 4.79 Å². The number of nitrogens with one attached hydrogen (secondary N) is 2. The van der Waals surface area contributed by atoms with Gasteiger partial charge in [0.15, 0.2) is 0 Å². The summed E-state index contributed by atoms with van der Waals surface area (Å²) in [6.07, 6.45) is 0. The number of hydrogen-bond donors (Lipinski definition) is 2.